The van der Waals surface area contributed by atoms with Crippen LogP contribution in [0, 0.1) is 6.92 Å². The van der Waals surface area contributed by atoms with E-state index < -0.39 is 10.0 Å². The minimum absolute atomic E-state index is 0.00690. The van der Waals surface area contributed by atoms with E-state index in [1.165, 1.54) is 25.9 Å². The molecule has 2 atom stereocenters. The predicted octanol–water partition coefficient (Wildman–Crippen LogP) is 4.07. The van der Waals surface area contributed by atoms with Gasteiger partial charge in [-0.1, -0.05) is 54.6 Å². The van der Waals surface area contributed by atoms with Crippen molar-refractivity contribution in [3.63, 3.8) is 0 Å². The van der Waals surface area contributed by atoms with E-state index >= 15 is 0 Å². The van der Waals surface area contributed by atoms with Gasteiger partial charge >= 0.3 is 0 Å². The zero-order valence-corrected chi connectivity index (χ0v) is 22.5. The number of hydrogen-bond donors (Lipinski definition) is 0. The third kappa shape index (κ3) is 5.00. The average molecular weight is 524 g/mol. The summed E-state index contributed by atoms with van der Waals surface area (Å²) < 4.78 is 27.4. The highest BCUT2D eigenvalue weighted by atomic mass is 32.2. The fraction of sp³-hybridized carbons (Fsp3) is 0.393. The molecule has 3 heterocycles. The van der Waals surface area contributed by atoms with Gasteiger partial charge in [0.25, 0.3) is 0 Å². The first-order valence-corrected chi connectivity index (χ1v) is 15.0. The van der Waals surface area contributed by atoms with Gasteiger partial charge in [0.05, 0.1) is 17.8 Å². The molecule has 0 aliphatic carbocycles. The molecule has 2 aliphatic rings. The van der Waals surface area contributed by atoms with E-state index in [1.807, 2.05) is 42.2 Å². The lowest BCUT2D eigenvalue weighted by Crippen LogP contribution is -2.56. The van der Waals surface area contributed by atoms with Crippen LogP contribution in [-0.4, -0.2) is 67.2 Å². The molecule has 6 nitrogen and oxygen atoms in total. The molecule has 190 valence electrons. The number of sulfonamides is 1. The summed E-state index contributed by atoms with van der Waals surface area (Å²) in [6.45, 7) is 6.48. The van der Waals surface area contributed by atoms with Gasteiger partial charge in [-0.25, -0.2) is 8.42 Å². The molecule has 5 rings (SSSR count). The van der Waals surface area contributed by atoms with Gasteiger partial charge < -0.3 is 4.90 Å². The average Bonchev–Trinajstić information content (AvgIpc) is 3.37. The fourth-order valence-corrected chi connectivity index (χ4v) is 7.88. The standard InChI is InChI=1S/C28H33N3O3S2/c1-21-8-6-7-11-24(21)27-25-13-19-35-26(25)12-14-31(27)22(2)28(32)29-15-17-30(18-16-29)36(33,34)20-23-9-4-3-5-10-23/h3-11,13,19,22,27H,12,14-18,20H2,1-2H3. The van der Waals surface area contributed by atoms with Gasteiger partial charge in [-0.3, -0.25) is 9.69 Å². The molecule has 2 aliphatic heterocycles. The first-order chi connectivity index (χ1) is 17.3. The van der Waals surface area contributed by atoms with Crippen molar-refractivity contribution in [3.8, 4) is 0 Å². The number of fused-ring (bicyclic) bond motifs is 1. The van der Waals surface area contributed by atoms with E-state index in [1.54, 1.807) is 11.3 Å². The van der Waals surface area contributed by atoms with Crippen LogP contribution in [0.2, 0.25) is 0 Å². The molecule has 3 aromatic rings. The first kappa shape index (κ1) is 25.1. The number of nitrogens with zero attached hydrogens (tertiary/aromatic N) is 3. The maximum Gasteiger partial charge on any atom is 0.239 e. The van der Waals surface area contributed by atoms with Gasteiger partial charge in [0.15, 0.2) is 0 Å². The topological polar surface area (TPSA) is 60.9 Å². The highest BCUT2D eigenvalue weighted by Crippen LogP contribution is 2.40. The van der Waals surface area contributed by atoms with E-state index in [-0.39, 0.29) is 23.7 Å². The number of rotatable bonds is 6. The Balaban J connectivity index is 1.29. The Bertz CT molecular complexity index is 1310. The van der Waals surface area contributed by atoms with Gasteiger partial charge in [0.2, 0.25) is 15.9 Å². The molecule has 0 radical (unpaired) electrons. The predicted molar refractivity (Wildman–Crippen MR) is 144 cm³/mol. The van der Waals surface area contributed by atoms with E-state index in [9.17, 15) is 13.2 Å². The molecule has 8 heteroatoms. The minimum atomic E-state index is -3.42. The Kier molecular flexibility index (Phi) is 7.30. The van der Waals surface area contributed by atoms with Crippen molar-refractivity contribution in [2.75, 3.05) is 32.7 Å². The second kappa shape index (κ2) is 10.5. The van der Waals surface area contributed by atoms with Crippen LogP contribution in [0.3, 0.4) is 0 Å². The summed E-state index contributed by atoms with van der Waals surface area (Å²) in [7, 11) is -3.42. The van der Waals surface area contributed by atoms with Crippen molar-refractivity contribution < 1.29 is 13.2 Å². The SMILES string of the molecule is Cc1ccccc1C1c2ccsc2CCN1C(C)C(=O)N1CCN(S(=O)(=O)Cc2ccccc2)CC1. The van der Waals surface area contributed by atoms with Crippen molar-refractivity contribution in [3.05, 3.63) is 93.2 Å². The summed E-state index contributed by atoms with van der Waals surface area (Å²) >= 11 is 1.80. The Hall–Kier alpha value is -2.52. The molecule has 0 spiro atoms. The van der Waals surface area contributed by atoms with Gasteiger partial charge in [-0.05, 0) is 54.0 Å². The minimum Gasteiger partial charge on any atom is -0.339 e. The van der Waals surface area contributed by atoms with Crippen molar-refractivity contribution in [2.45, 2.75) is 38.1 Å². The Labute approximate surface area is 218 Å². The molecular weight excluding hydrogens is 490 g/mol. The molecule has 2 unspecified atom stereocenters. The molecule has 1 aromatic heterocycles. The van der Waals surface area contributed by atoms with Crippen molar-refractivity contribution in [1.82, 2.24) is 14.1 Å². The second-order valence-electron chi connectivity index (χ2n) is 9.69. The van der Waals surface area contributed by atoms with Crippen LogP contribution in [0.25, 0.3) is 0 Å². The summed E-state index contributed by atoms with van der Waals surface area (Å²) in [5.41, 5.74) is 4.55. The zero-order valence-electron chi connectivity index (χ0n) is 20.8. The number of amides is 1. The molecule has 2 aromatic carbocycles. The smallest absolute Gasteiger partial charge is 0.239 e. The molecule has 0 N–H and O–H groups in total. The highest BCUT2D eigenvalue weighted by molar-refractivity contribution is 7.88. The maximum absolute atomic E-state index is 13.7. The van der Waals surface area contributed by atoms with Crippen LogP contribution < -0.4 is 0 Å². The number of aryl methyl sites for hydroxylation is 1. The van der Waals surface area contributed by atoms with E-state index in [2.05, 4.69) is 47.5 Å². The Morgan fingerprint density at radius 1 is 0.944 bits per heavy atom. The largest absolute Gasteiger partial charge is 0.339 e. The van der Waals surface area contributed by atoms with Crippen molar-refractivity contribution in [1.29, 1.82) is 0 Å². The second-order valence-corrected chi connectivity index (χ2v) is 12.7. The van der Waals surface area contributed by atoms with Crippen LogP contribution in [0.5, 0.6) is 0 Å². The molecule has 1 fully saturated rings. The van der Waals surface area contributed by atoms with Gasteiger partial charge in [-0.2, -0.15) is 4.31 Å². The molecule has 36 heavy (non-hydrogen) atoms. The van der Waals surface area contributed by atoms with E-state index in [4.69, 9.17) is 0 Å². The highest BCUT2D eigenvalue weighted by Gasteiger charge is 2.38. The van der Waals surface area contributed by atoms with Crippen LogP contribution in [-0.2, 0) is 27.0 Å². The summed E-state index contributed by atoms with van der Waals surface area (Å²) in [4.78, 5) is 19.3. The van der Waals surface area contributed by atoms with E-state index in [0.29, 0.717) is 26.2 Å². The van der Waals surface area contributed by atoms with Crippen molar-refractivity contribution >= 4 is 27.3 Å². The Morgan fingerprint density at radius 2 is 1.64 bits per heavy atom. The Morgan fingerprint density at radius 3 is 2.36 bits per heavy atom. The lowest BCUT2D eigenvalue weighted by Gasteiger charge is -2.42. The first-order valence-electron chi connectivity index (χ1n) is 12.5. The van der Waals surface area contributed by atoms with Crippen LogP contribution in [0.4, 0.5) is 0 Å². The van der Waals surface area contributed by atoms with Gasteiger partial charge in [0, 0.05) is 37.6 Å². The lowest BCUT2D eigenvalue weighted by molar-refractivity contribution is -0.138. The molecule has 0 bridgehead atoms. The number of benzene rings is 2. The third-order valence-electron chi connectivity index (χ3n) is 7.48. The number of thiophene rings is 1. The normalized spacial score (nSPS) is 20.2. The van der Waals surface area contributed by atoms with Crippen LogP contribution >= 0.6 is 11.3 Å². The van der Waals surface area contributed by atoms with Gasteiger partial charge in [-0.15, -0.1) is 11.3 Å². The van der Waals surface area contributed by atoms with Gasteiger partial charge in [0.1, 0.15) is 0 Å². The maximum atomic E-state index is 13.7. The summed E-state index contributed by atoms with van der Waals surface area (Å²) in [6.07, 6.45) is 0.943. The molecule has 1 saturated heterocycles. The number of carbonyl (C=O) groups is 1. The number of piperazine rings is 1. The molecule has 1 amide bonds. The van der Waals surface area contributed by atoms with E-state index in [0.717, 1.165) is 18.5 Å². The lowest BCUT2D eigenvalue weighted by atomic mass is 9.89. The quantitative estimate of drug-likeness (QED) is 0.489. The molecular formula is C28H33N3O3S2. The fourth-order valence-electron chi connectivity index (χ4n) is 5.46. The number of hydrogen-bond acceptors (Lipinski definition) is 5. The van der Waals surface area contributed by atoms with Crippen LogP contribution in [0.1, 0.15) is 40.1 Å². The summed E-state index contributed by atoms with van der Waals surface area (Å²) in [6, 6.07) is 19.7. The third-order valence-corrected chi connectivity index (χ3v) is 10.3. The summed E-state index contributed by atoms with van der Waals surface area (Å²) in [5, 5.41) is 2.15. The van der Waals surface area contributed by atoms with Crippen LogP contribution in [0.15, 0.2) is 66.0 Å². The molecule has 0 saturated carbocycles. The van der Waals surface area contributed by atoms with Crippen molar-refractivity contribution in [2.24, 2.45) is 0 Å². The zero-order chi connectivity index (χ0) is 25.3. The monoisotopic (exact) mass is 523 g/mol. The number of carbonyl (C=O) groups excluding carboxylic acids is 1. The summed E-state index contributed by atoms with van der Waals surface area (Å²) in [5.74, 6) is 0.0694.